The summed E-state index contributed by atoms with van der Waals surface area (Å²) in [6, 6.07) is 13.8. The first-order chi connectivity index (χ1) is 22.1. The number of rotatable bonds is 25. The first-order valence-corrected chi connectivity index (χ1v) is 19.1. The smallest absolute Gasteiger partial charge is 0.0848 e. The van der Waals surface area contributed by atoms with Crippen molar-refractivity contribution >= 4 is 22.8 Å². The second-order valence-electron chi connectivity index (χ2n) is 13.0. The van der Waals surface area contributed by atoms with Gasteiger partial charge >= 0.3 is 0 Å². The molecule has 250 valence electrons. The molecule has 0 fully saturated rings. The van der Waals surface area contributed by atoms with Crippen LogP contribution in [0.15, 0.2) is 58.5 Å². The van der Waals surface area contributed by atoms with Crippen LogP contribution in [0.2, 0.25) is 0 Å². The van der Waals surface area contributed by atoms with Crippen molar-refractivity contribution < 1.29 is 0 Å². The van der Waals surface area contributed by atoms with Crippen molar-refractivity contribution in [3.63, 3.8) is 0 Å². The van der Waals surface area contributed by atoms with Crippen LogP contribution in [0, 0.1) is 0 Å². The molecule has 0 amide bonds. The zero-order valence-corrected chi connectivity index (χ0v) is 30.4. The van der Waals surface area contributed by atoms with E-state index in [9.17, 15) is 0 Å². The molecule has 0 radical (unpaired) electrons. The summed E-state index contributed by atoms with van der Waals surface area (Å²) >= 11 is 0. The summed E-state index contributed by atoms with van der Waals surface area (Å²) in [6.45, 7) is 13.6. The minimum absolute atomic E-state index is 0.971. The first kappa shape index (κ1) is 38.7. The van der Waals surface area contributed by atoms with Gasteiger partial charge in [0.25, 0.3) is 0 Å². The molecule has 2 heteroatoms. The molecule has 2 aromatic carbocycles. The molecule has 0 saturated heterocycles. The molecule has 0 aliphatic heterocycles. The van der Waals surface area contributed by atoms with Crippen LogP contribution in [0.25, 0.3) is 0 Å². The van der Waals surface area contributed by atoms with E-state index in [4.69, 9.17) is 9.98 Å². The second-order valence-corrected chi connectivity index (χ2v) is 13.0. The summed E-state index contributed by atoms with van der Waals surface area (Å²) in [5.74, 6) is 0. The molecule has 0 aliphatic carbocycles. The van der Waals surface area contributed by atoms with Crippen LogP contribution in [0.5, 0.6) is 0 Å². The van der Waals surface area contributed by atoms with E-state index in [-0.39, 0.29) is 0 Å². The second kappa shape index (κ2) is 24.7. The SMILES string of the molecule is CCCCCCCCCCCC=CC(=Nc1cc(CC)cc(CC)c1)C(CCCCCCCC)=Nc1cc(CC)cc(CC)c1. The van der Waals surface area contributed by atoms with E-state index in [0.717, 1.165) is 67.7 Å². The lowest BCUT2D eigenvalue weighted by atomic mass is 10.0. The van der Waals surface area contributed by atoms with E-state index >= 15 is 0 Å². The zero-order valence-electron chi connectivity index (χ0n) is 30.4. The van der Waals surface area contributed by atoms with Crippen molar-refractivity contribution in [2.45, 2.75) is 176 Å². The van der Waals surface area contributed by atoms with Gasteiger partial charge in [-0.3, -0.25) is 4.99 Å². The number of allylic oxidation sites excluding steroid dienone is 2. The number of aliphatic imine (C=N–C) groups is 2. The average molecular weight is 613 g/mol. The third-order valence-electron chi connectivity index (χ3n) is 9.03. The van der Waals surface area contributed by atoms with Gasteiger partial charge in [0.2, 0.25) is 0 Å². The Morgan fingerprint density at radius 2 is 0.867 bits per heavy atom. The maximum Gasteiger partial charge on any atom is 0.0848 e. The lowest BCUT2D eigenvalue weighted by Gasteiger charge is -2.11. The number of benzene rings is 2. The van der Waals surface area contributed by atoms with E-state index < -0.39 is 0 Å². The molecule has 0 aromatic heterocycles. The molecule has 0 unspecified atom stereocenters. The van der Waals surface area contributed by atoms with Gasteiger partial charge in [-0.05, 0) is 104 Å². The Kier molecular flexibility index (Phi) is 21.3. The minimum Gasteiger partial charge on any atom is -0.251 e. The van der Waals surface area contributed by atoms with Gasteiger partial charge in [0.1, 0.15) is 0 Å². The van der Waals surface area contributed by atoms with Crippen molar-refractivity contribution in [3.05, 3.63) is 70.8 Å². The lowest BCUT2D eigenvalue weighted by Crippen LogP contribution is -2.12. The molecule has 0 atom stereocenters. The molecule has 2 nitrogen and oxygen atoms in total. The van der Waals surface area contributed by atoms with Crippen molar-refractivity contribution in [2.24, 2.45) is 9.98 Å². The third kappa shape index (κ3) is 16.6. The number of aryl methyl sites for hydroxylation is 4. The average Bonchev–Trinajstić information content (AvgIpc) is 3.07. The van der Waals surface area contributed by atoms with E-state index in [1.807, 2.05) is 0 Å². The summed E-state index contributed by atoms with van der Waals surface area (Å²) in [6.07, 6.45) is 30.9. The fourth-order valence-electron chi connectivity index (χ4n) is 6.01. The molecular formula is C43H68N2. The van der Waals surface area contributed by atoms with Crippen molar-refractivity contribution in [1.82, 2.24) is 0 Å². The minimum atomic E-state index is 0.971. The fraction of sp³-hybridized carbons (Fsp3) is 0.628. The quantitative estimate of drug-likeness (QED) is 0.0787. The molecule has 2 aromatic rings. The molecular weight excluding hydrogens is 544 g/mol. The van der Waals surface area contributed by atoms with Crippen molar-refractivity contribution in [2.75, 3.05) is 0 Å². The van der Waals surface area contributed by atoms with Crippen LogP contribution < -0.4 is 0 Å². The Hall–Kier alpha value is -2.48. The van der Waals surface area contributed by atoms with Crippen LogP contribution in [0.4, 0.5) is 11.4 Å². The lowest BCUT2D eigenvalue weighted by molar-refractivity contribution is 0.566. The fourth-order valence-corrected chi connectivity index (χ4v) is 6.01. The predicted octanol–water partition coefficient (Wildman–Crippen LogP) is 14.0. The maximum absolute atomic E-state index is 5.40. The number of unbranched alkanes of at least 4 members (excludes halogenated alkanes) is 14. The summed E-state index contributed by atoms with van der Waals surface area (Å²) in [4.78, 5) is 10.8. The van der Waals surface area contributed by atoms with Crippen LogP contribution in [-0.2, 0) is 25.7 Å². The van der Waals surface area contributed by atoms with Gasteiger partial charge in [-0.2, -0.15) is 0 Å². The summed E-state index contributed by atoms with van der Waals surface area (Å²) in [5.41, 5.74) is 9.82. The van der Waals surface area contributed by atoms with Gasteiger partial charge in [-0.1, -0.05) is 143 Å². The highest BCUT2D eigenvalue weighted by molar-refractivity contribution is 6.47. The highest BCUT2D eigenvalue weighted by Gasteiger charge is 2.10. The highest BCUT2D eigenvalue weighted by Crippen LogP contribution is 2.24. The standard InChI is InChI=1S/C43H68N2/c1-7-13-15-17-19-20-21-22-23-25-27-29-43(45-41-34-38(11-5)31-39(12-6)35-41)42(28-26-24-18-16-14-8-2)44-40-32-36(9-3)30-37(10-4)33-40/h27,29-35H,7-26,28H2,1-6H3. The van der Waals surface area contributed by atoms with Crippen molar-refractivity contribution in [3.8, 4) is 0 Å². The molecule has 45 heavy (non-hydrogen) atoms. The summed E-state index contributed by atoms with van der Waals surface area (Å²) in [5, 5.41) is 0. The van der Waals surface area contributed by atoms with E-state index in [1.54, 1.807) is 0 Å². The van der Waals surface area contributed by atoms with Gasteiger partial charge in [0.05, 0.1) is 22.8 Å². The Bertz CT molecular complexity index is 1110. The van der Waals surface area contributed by atoms with Gasteiger partial charge in [0.15, 0.2) is 0 Å². The van der Waals surface area contributed by atoms with Gasteiger partial charge in [-0.15, -0.1) is 0 Å². The Labute approximate surface area is 279 Å². The first-order valence-electron chi connectivity index (χ1n) is 19.1. The summed E-state index contributed by atoms with van der Waals surface area (Å²) < 4.78 is 0. The van der Waals surface area contributed by atoms with E-state index in [1.165, 1.54) is 112 Å². The molecule has 0 spiro atoms. The van der Waals surface area contributed by atoms with E-state index in [2.05, 4.69) is 90.1 Å². The highest BCUT2D eigenvalue weighted by atomic mass is 14.8. The molecule has 2 rings (SSSR count). The number of hydrogen-bond acceptors (Lipinski definition) is 2. The zero-order chi connectivity index (χ0) is 32.5. The molecule has 0 aliphatic rings. The Balaban J connectivity index is 2.35. The maximum atomic E-state index is 5.40. The number of hydrogen-bond donors (Lipinski definition) is 0. The normalized spacial score (nSPS) is 12.5. The van der Waals surface area contributed by atoms with Gasteiger partial charge in [-0.25, -0.2) is 4.99 Å². The van der Waals surface area contributed by atoms with Gasteiger partial charge in [0, 0.05) is 0 Å². The molecule has 0 N–H and O–H groups in total. The Morgan fingerprint density at radius 1 is 0.467 bits per heavy atom. The molecule has 0 bridgehead atoms. The van der Waals surface area contributed by atoms with Crippen LogP contribution >= 0.6 is 0 Å². The number of nitrogens with zero attached hydrogens (tertiary/aromatic N) is 2. The molecule has 0 saturated carbocycles. The monoisotopic (exact) mass is 613 g/mol. The molecule has 0 heterocycles. The topological polar surface area (TPSA) is 24.7 Å². The third-order valence-corrected chi connectivity index (χ3v) is 9.03. The van der Waals surface area contributed by atoms with Crippen LogP contribution in [0.3, 0.4) is 0 Å². The van der Waals surface area contributed by atoms with Crippen LogP contribution in [0.1, 0.15) is 173 Å². The van der Waals surface area contributed by atoms with E-state index in [0.29, 0.717) is 0 Å². The van der Waals surface area contributed by atoms with Gasteiger partial charge < -0.3 is 0 Å². The Morgan fingerprint density at radius 3 is 1.31 bits per heavy atom. The van der Waals surface area contributed by atoms with Crippen molar-refractivity contribution in [1.29, 1.82) is 0 Å². The van der Waals surface area contributed by atoms with Crippen LogP contribution in [-0.4, -0.2) is 11.4 Å². The summed E-state index contributed by atoms with van der Waals surface area (Å²) in [7, 11) is 0. The predicted molar refractivity (Wildman–Crippen MR) is 204 cm³/mol. The largest absolute Gasteiger partial charge is 0.251 e.